The van der Waals surface area contributed by atoms with Gasteiger partial charge in [-0.2, -0.15) is 0 Å². The zero-order valence-electron chi connectivity index (χ0n) is 17.3. The highest BCUT2D eigenvalue weighted by molar-refractivity contribution is 7.92. The van der Waals surface area contributed by atoms with Gasteiger partial charge in [0.2, 0.25) is 5.91 Å². The summed E-state index contributed by atoms with van der Waals surface area (Å²) in [5.74, 6) is -0.749. The second-order valence-electron chi connectivity index (χ2n) is 6.86. The van der Waals surface area contributed by atoms with E-state index in [-0.39, 0.29) is 22.9 Å². The van der Waals surface area contributed by atoms with Crippen LogP contribution in [0.5, 0.6) is 0 Å². The lowest BCUT2D eigenvalue weighted by Crippen LogP contribution is -2.38. The van der Waals surface area contributed by atoms with Gasteiger partial charge in [-0.15, -0.1) is 0 Å². The molecule has 0 radical (unpaired) electrons. The first-order chi connectivity index (χ1) is 14.2. The van der Waals surface area contributed by atoms with Gasteiger partial charge >= 0.3 is 0 Å². The molecule has 9 heteroatoms. The van der Waals surface area contributed by atoms with Crippen LogP contribution >= 0.6 is 0 Å². The van der Waals surface area contributed by atoms with Crippen molar-refractivity contribution in [1.82, 2.24) is 10.2 Å². The minimum absolute atomic E-state index is 0.0358. The van der Waals surface area contributed by atoms with Crippen molar-refractivity contribution in [3.05, 3.63) is 59.7 Å². The lowest BCUT2D eigenvalue weighted by molar-refractivity contribution is -0.121. The number of methoxy groups -OCH3 is 1. The fourth-order valence-electron chi connectivity index (χ4n) is 2.64. The van der Waals surface area contributed by atoms with Crippen LogP contribution in [-0.4, -0.2) is 59.0 Å². The molecule has 162 valence electrons. The Morgan fingerprint density at radius 2 is 1.80 bits per heavy atom. The molecular formula is C21H27N3O5S. The minimum atomic E-state index is -3.86. The summed E-state index contributed by atoms with van der Waals surface area (Å²) in [6, 6.07) is 12.7. The molecule has 8 nitrogen and oxygen atoms in total. The smallest absolute Gasteiger partial charge is 0.261 e. The van der Waals surface area contributed by atoms with Crippen LogP contribution in [0.25, 0.3) is 0 Å². The standard InChI is InChI=1S/C21H27N3O5S/c1-16-8-10-18(11-9-16)23-30(27,28)19-7-4-6-17(14-19)21(26)24(2)15-20(25)22-12-5-13-29-3/h4,6-11,14,23H,5,12-13,15H2,1-3H3,(H,22,25). The molecule has 0 saturated heterocycles. The molecule has 0 aromatic heterocycles. The van der Waals surface area contributed by atoms with E-state index in [9.17, 15) is 18.0 Å². The molecule has 30 heavy (non-hydrogen) atoms. The van der Waals surface area contributed by atoms with E-state index in [0.29, 0.717) is 25.3 Å². The van der Waals surface area contributed by atoms with Crippen molar-refractivity contribution in [2.24, 2.45) is 0 Å². The summed E-state index contributed by atoms with van der Waals surface area (Å²) in [6.07, 6.45) is 0.674. The third-order valence-corrected chi connectivity index (χ3v) is 5.65. The second-order valence-corrected chi connectivity index (χ2v) is 8.54. The SMILES string of the molecule is COCCCNC(=O)CN(C)C(=O)c1cccc(S(=O)(=O)Nc2ccc(C)cc2)c1. The number of benzene rings is 2. The van der Waals surface area contributed by atoms with Gasteiger partial charge in [0, 0.05) is 38.6 Å². The van der Waals surface area contributed by atoms with Crippen molar-refractivity contribution in [2.45, 2.75) is 18.2 Å². The summed E-state index contributed by atoms with van der Waals surface area (Å²) in [4.78, 5) is 25.8. The molecule has 2 aromatic rings. The highest BCUT2D eigenvalue weighted by Gasteiger charge is 2.19. The quantitative estimate of drug-likeness (QED) is 0.558. The van der Waals surface area contributed by atoms with E-state index < -0.39 is 15.9 Å². The Kier molecular flexibility index (Phi) is 8.37. The van der Waals surface area contributed by atoms with Crippen LogP contribution in [0, 0.1) is 6.92 Å². The third-order valence-electron chi connectivity index (χ3n) is 4.27. The molecule has 2 N–H and O–H groups in total. The fraction of sp³-hybridized carbons (Fsp3) is 0.333. The molecule has 2 amide bonds. The molecule has 0 atom stereocenters. The number of anilines is 1. The predicted octanol–water partition coefficient (Wildman–Crippen LogP) is 2.02. The molecule has 2 rings (SSSR count). The van der Waals surface area contributed by atoms with Crippen LogP contribution in [0.1, 0.15) is 22.3 Å². The minimum Gasteiger partial charge on any atom is -0.385 e. The van der Waals surface area contributed by atoms with Crippen molar-refractivity contribution in [3.63, 3.8) is 0 Å². The number of sulfonamides is 1. The first kappa shape index (κ1) is 23.4. The number of nitrogens with one attached hydrogen (secondary N) is 2. The van der Waals surface area contributed by atoms with Gasteiger partial charge in [-0.05, 0) is 43.7 Å². The highest BCUT2D eigenvalue weighted by Crippen LogP contribution is 2.18. The summed E-state index contributed by atoms with van der Waals surface area (Å²) in [5.41, 5.74) is 1.62. The van der Waals surface area contributed by atoms with Crippen LogP contribution in [0.15, 0.2) is 53.4 Å². The summed E-state index contributed by atoms with van der Waals surface area (Å²) in [5, 5.41) is 2.70. The number of carbonyl (C=O) groups excluding carboxylic acids is 2. The Balaban J connectivity index is 2.05. The van der Waals surface area contributed by atoms with Gasteiger partial charge in [0.15, 0.2) is 0 Å². The van der Waals surface area contributed by atoms with E-state index in [0.717, 1.165) is 5.56 Å². The Morgan fingerprint density at radius 1 is 1.10 bits per heavy atom. The van der Waals surface area contributed by atoms with Gasteiger partial charge in [0.1, 0.15) is 0 Å². The summed E-state index contributed by atoms with van der Waals surface area (Å²) >= 11 is 0. The average Bonchev–Trinajstić information content (AvgIpc) is 2.72. The summed E-state index contributed by atoms with van der Waals surface area (Å²) in [6.45, 7) is 2.76. The first-order valence-electron chi connectivity index (χ1n) is 9.43. The molecule has 0 heterocycles. The van der Waals surface area contributed by atoms with E-state index in [1.807, 2.05) is 6.92 Å². The lowest BCUT2D eigenvalue weighted by Gasteiger charge is -2.17. The van der Waals surface area contributed by atoms with Crippen LogP contribution in [0.4, 0.5) is 5.69 Å². The van der Waals surface area contributed by atoms with Gasteiger partial charge < -0.3 is 15.0 Å². The van der Waals surface area contributed by atoms with Crippen molar-refractivity contribution in [3.8, 4) is 0 Å². The molecule has 0 saturated carbocycles. The number of carbonyl (C=O) groups is 2. The van der Waals surface area contributed by atoms with Crippen molar-refractivity contribution >= 4 is 27.5 Å². The highest BCUT2D eigenvalue weighted by atomic mass is 32.2. The maximum Gasteiger partial charge on any atom is 0.261 e. The number of likely N-dealkylation sites (N-methyl/N-ethyl adjacent to an activating group) is 1. The van der Waals surface area contributed by atoms with Gasteiger partial charge in [-0.1, -0.05) is 23.8 Å². The van der Waals surface area contributed by atoms with Gasteiger partial charge in [0.05, 0.1) is 11.4 Å². The lowest BCUT2D eigenvalue weighted by atomic mass is 10.2. The average molecular weight is 434 g/mol. The molecule has 0 unspecified atom stereocenters. The Labute approximate surface area is 177 Å². The van der Waals surface area contributed by atoms with Crippen LogP contribution < -0.4 is 10.0 Å². The van der Waals surface area contributed by atoms with Crippen LogP contribution in [0.2, 0.25) is 0 Å². The second kappa shape index (κ2) is 10.7. The molecule has 2 aromatic carbocycles. The van der Waals surface area contributed by atoms with E-state index in [2.05, 4.69) is 10.0 Å². The van der Waals surface area contributed by atoms with Crippen molar-refractivity contribution < 1.29 is 22.7 Å². The Bertz CT molecular complexity index is 974. The van der Waals surface area contributed by atoms with E-state index in [1.54, 1.807) is 31.4 Å². The first-order valence-corrected chi connectivity index (χ1v) is 10.9. The fourth-order valence-corrected chi connectivity index (χ4v) is 3.74. The molecule has 0 spiro atoms. The molecule has 0 bridgehead atoms. The number of nitrogens with zero attached hydrogens (tertiary/aromatic N) is 1. The van der Waals surface area contributed by atoms with Gasteiger partial charge in [0.25, 0.3) is 15.9 Å². The summed E-state index contributed by atoms with van der Waals surface area (Å²) < 4.78 is 32.7. The van der Waals surface area contributed by atoms with E-state index in [1.165, 1.54) is 36.2 Å². The molecule has 0 fully saturated rings. The number of rotatable bonds is 10. The maximum atomic E-state index is 12.7. The molecule has 0 aliphatic heterocycles. The number of hydrogen-bond acceptors (Lipinski definition) is 5. The normalized spacial score (nSPS) is 11.0. The molecular weight excluding hydrogens is 406 g/mol. The third kappa shape index (κ3) is 6.85. The molecule has 0 aliphatic rings. The summed E-state index contributed by atoms with van der Waals surface area (Å²) in [7, 11) is -0.789. The number of aryl methyl sites for hydroxylation is 1. The largest absolute Gasteiger partial charge is 0.385 e. The van der Waals surface area contributed by atoms with Gasteiger partial charge in [-0.3, -0.25) is 14.3 Å². The number of hydrogen-bond donors (Lipinski definition) is 2. The Morgan fingerprint density at radius 3 is 2.47 bits per heavy atom. The van der Waals surface area contributed by atoms with Crippen LogP contribution in [-0.2, 0) is 19.6 Å². The van der Waals surface area contributed by atoms with E-state index in [4.69, 9.17) is 4.74 Å². The topological polar surface area (TPSA) is 105 Å². The zero-order chi connectivity index (χ0) is 22.1. The Hall–Kier alpha value is -2.91. The number of ether oxygens (including phenoxy) is 1. The maximum absolute atomic E-state index is 12.7. The molecule has 0 aliphatic carbocycles. The van der Waals surface area contributed by atoms with E-state index >= 15 is 0 Å². The van der Waals surface area contributed by atoms with Gasteiger partial charge in [-0.25, -0.2) is 8.42 Å². The number of amides is 2. The zero-order valence-corrected chi connectivity index (χ0v) is 18.2. The monoisotopic (exact) mass is 433 g/mol. The predicted molar refractivity (Wildman–Crippen MR) is 115 cm³/mol. The van der Waals surface area contributed by atoms with Crippen LogP contribution in [0.3, 0.4) is 0 Å². The van der Waals surface area contributed by atoms with Crippen molar-refractivity contribution in [2.75, 3.05) is 38.6 Å². The van der Waals surface area contributed by atoms with Crippen molar-refractivity contribution in [1.29, 1.82) is 0 Å².